The van der Waals surface area contributed by atoms with Gasteiger partial charge in [0, 0.05) is 18.1 Å². The van der Waals surface area contributed by atoms with E-state index in [0.29, 0.717) is 29.3 Å². The molecule has 0 spiro atoms. The number of nitrogens with zero attached hydrogens (tertiary/aromatic N) is 2. The van der Waals surface area contributed by atoms with Gasteiger partial charge >= 0.3 is 0 Å². The second-order valence-electron chi connectivity index (χ2n) is 8.62. The van der Waals surface area contributed by atoms with E-state index < -0.39 is 28.5 Å². The van der Waals surface area contributed by atoms with Crippen LogP contribution in [0.15, 0.2) is 48.5 Å². The maximum Gasteiger partial charge on any atom is 0.244 e. The van der Waals surface area contributed by atoms with Gasteiger partial charge in [-0.3, -0.25) is 13.9 Å². The molecular weight excluding hydrogens is 490 g/mol. The number of carbonyl (C=O) groups excluding carboxylic acids is 2. The van der Waals surface area contributed by atoms with Crippen LogP contribution in [0.2, 0.25) is 5.02 Å². The number of nitrogens with one attached hydrogen (secondary N) is 1. The fourth-order valence-electron chi connectivity index (χ4n) is 3.58. The maximum atomic E-state index is 13.7. The summed E-state index contributed by atoms with van der Waals surface area (Å²) in [5.74, 6) is -0.293. The molecule has 0 unspecified atom stereocenters. The molecule has 0 aromatic heterocycles. The van der Waals surface area contributed by atoms with Crippen LogP contribution in [0, 0.1) is 5.92 Å². The van der Waals surface area contributed by atoms with Crippen molar-refractivity contribution in [2.75, 3.05) is 30.8 Å². The maximum absolute atomic E-state index is 13.7. The third-order valence-electron chi connectivity index (χ3n) is 5.40. The summed E-state index contributed by atoms with van der Waals surface area (Å²) in [6.07, 6.45) is 1.37. The first-order valence-corrected chi connectivity index (χ1v) is 13.6. The van der Waals surface area contributed by atoms with Gasteiger partial charge in [0.15, 0.2) is 0 Å². The molecule has 192 valence electrons. The minimum atomic E-state index is -3.86. The molecular formula is C25H34ClN3O5S. The molecule has 0 heterocycles. The van der Waals surface area contributed by atoms with Crippen molar-refractivity contribution in [3.05, 3.63) is 59.1 Å². The molecule has 2 aromatic carbocycles. The number of halogens is 1. The SMILES string of the molecule is CC[C@H](C(=O)NCC(C)C)N(Cc1ccccc1Cl)C(=O)CN(c1ccccc1OC)S(C)(=O)=O. The van der Waals surface area contributed by atoms with E-state index in [9.17, 15) is 18.0 Å². The van der Waals surface area contributed by atoms with Gasteiger partial charge in [0.05, 0.1) is 19.1 Å². The van der Waals surface area contributed by atoms with E-state index in [1.807, 2.05) is 13.8 Å². The van der Waals surface area contributed by atoms with E-state index in [4.69, 9.17) is 16.3 Å². The Hall–Kier alpha value is -2.78. The highest BCUT2D eigenvalue weighted by molar-refractivity contribution is 7.92. The molecule has 0 bridgehead atoms. The summed E-state index contributed by atoms with van der Waals surface area (Å²) in [6, 6.07) is 12.8. The Morgan fingerprint density at radius 2 is 1.71 bits per heavy atom. The molecule has 0 saturated heterocycles. The average molecular weight is 524 g/mol. The Morgan fingerprint density at radius 1 is 1.09 bits per heavy atom. The number of ether oxygens (including phenoxy) is 1. The summed E-state index contributed by atoms with van der Waals surface area (Å²) in [4.78, 5) is 28.1. The molecule has 2 aromatic rings. The third kappa shape index (κ3) is 7.86. The molecule has 8 nitrogen and oxygen atoms in total. The van der Waals surface area contributed by atoms with Crippen LogP contribution in [0.4, 0.5) is 5.69 Å². The molecule has 10 heteroatoms. The molecule has 2 rings (SSSR count). The van der Waals surface area contributed by atoms with Crippen LogP contribution in [-0.2, 0) is 26.2 Å². The highest BCUT2D eigenvalue weighted by atomic mass is 35.5. The highest BCUT2D eigenvalue weighted by Crippen LogP contribution is 2.30. The summed E-state index contributed by atoms with van der Waals surface area (Å²) in [7, 11) is -2.43. The van der Waals surface area contributed by atoms with Gasteiger partial charge in [-0.15, -0.1) is 0 Å². The molecule has 0 aliphatic heterocycles. The normalized spacial score (nSPS) is 12.2. The van der Waals surface area contributed by atoms with E-state index in [1.54, 1.807) is 55.5 Å². The number of rotatable bonds is 12. The largest absolute Gasteiger partial charge is 0.495 e. The van der Waals surface area contributed by atoms with Gasteiger partial charge in [0.1, 0.15) is 18.3 Å². The predicted molar refractivity (Wildman–Crippen MR) is 139 cm³/mol. The second kappa shape index (κ2) is 12.8. The van der Waals surface area contributed by atoms with Crippen LogP contribution in [0.3, 0.4) is 0 Å². The Labute approximate surface area is 213 Å². The predicted octanol–water partition coefficient (Wildman–Crippen LogP) is 3.69. The number of methoxy groups -OCH3 is 1. The number of para-hydroxylation sites is 2. The van der Waals surface area contributed by atoms with Gasteiger partial charge in [-0.25, -0.2) is 8.42 Å². The van der Waals surface area contributed by atoms with Crippen molar-refractivity contribution in [1.29, 1.82) is 0 Å². The van der Waals surface area contributed by atoms with Crippen LogP contribution < -0.4 is 14.4 Å². The van der Waals surface area contributed by atoms with Gasteiger partial charge in [0.25, 0.3) is 0 Å². The molecule has 1 atom stereocenters. The van der Waals surface area contributed by atoms with E-state index in [2.05, 4.69) is 5.32 Å². The first kappa shape index (κ1) is 28.5. The molecule has 35 heavy (non-hydrogen) atoms. The lowest BCUT2D eigenvalue weighted by molar-refractivity contribution is -0.140. The minimum absolute atomic E-state index is 0.0512. The summed E-state index contributed by atoms with van der Waals surface area (Å²) in [5.41, 5.74) is 0.890. The van der Waals surface area contributed by atoms with Gasteiger partial charge < -0.3 is 15.0 Å². The average Bonchev–Trinajstić information content (AvgIpc) is 2.81. The molecule has 2 amide bonds. The molecule has 0 aliphatic rings. The second-order valence-corrected chi connectivity index (χ2v) is 10.9. The number of carbonyl (C=O) groups is 2. The zero-order valence-corrected chi connectivity index (χ0v) is 22.4. The first-order valence-electron chi connectivity index (χ1n) is 11.4. The van der Waals surface area contributed by atoms with Crippen molar-refractivity contribution in [2.45, 2.75) is 39.8 Å². The molecule has 0 fully saturated rings. The van der Waals surface area contributed by atoms with Gasteiger partial charge in [-0.05, 0) is 36.1 Å². The summed E-state index contributed by atoms with van der Waals surface area (Å²) >= 11 is 6.36. The van der Waals surface area contributed by atoms with Crippen molar-refractivity contribution in [3.8, 4) is 5.75 Å². The number of hydrogen-bond acceptors (Lipinski definition) is 5. The lowest BCUT2D eigenvalue weighted by atomic mass is 10.1. The van der Waals surface area contributed by atoms with Crippen LogP contribution in [0.25, 0.3) is 0 Å². The van der Waals surface area contributed by atoms with Crippen LogP contribution in [0.5, 0.6) is 5.75 Å². The minimum Gasteiger partial charge on any atom is -0.495 e. The topological polar surface area (TPSA) is 96.0 Å². The quantitative estimate of drug-likeness (QED) is 0.457. The van der Waals surface area contributed by atoms with Crippen molar-refractivity contribution >= 4 is 39.1 Å². The van der Waals surface area contributed by atoms with Crippen molar-refractivity contribution in [1.82, 2.24) is 10.2 Å². The first-order chi connectivity index (χ1) is 16.5. The Kier molecular flexibility index (Phi) is 10.4. The van der Waals surface area contributed by atoms with Crippen molar-refractivity contribution in [2.24, 2.45) is 5.92 Å². The van der Waals surface area contributed by atoms with E-state index in [-0.39, 0.29) is 24.1 Å². The Bertz CT molecular complexity index is 1120. The van der Waals surface area contributed by atoms with Crippen LogP contribution in [0.1, 0.15) is 32.8 Å². The van der Waals surface area contributed by atoms with Gasteiger partial charge in [0.2, 0.25) is 21.8 Å². The molecule has 0 radical (unpaired) electrons. The molecule has 0 aliphatic carbocycles. The highest BCUT2D eigenvalue weighted by Gasteiger charge is 2.32. The zero-order valence-electron chi connectivity index (χ0n) is 20.8. The van der Waals surface area contributed by atoms with Crippen molar-refractivity contribution in [3.63, 3.8) is 0 Å². The van der Waals surface area contributed by atoms with Gasteiger partial charge in [-0.2, -0.15) is 0 Å². The number of anilines is 1. The lowest BCUT2D eigenvalue weighted by Gasteiger charge is -2.33. The smallest absolute Gasteiger partial charge is 0.244 e. The van der Waals surface area contributed by atoms with E-state index >= 15 is 0 Å². The fraction of sp³-hybridized carbons (Fsp3) is 0.440. The number of benzene rings is 2. The van der Waals surface area contributed by atoms with E-state index in [0.717, 1.165) is 10.6 Å². The monoisotopic (exact) mass is 523 g/mol. The number of sulfonamides is 1. The zero-order chi connectivity index (χ0) is 26.2. The Balaban J connectivity index is 2.47. The Morgan fingerprint density at radius 3 is 2.29 bits per heavy atom. The molecule has 0 saturated carbocycles. The fourth-order valence-corrected chi connectivity index (χ4v) is 4.63. The lowest BCUT2D eigenvalue weighted by Crippen LogP contribution is -2.52. The number of hydrogen-bond donors (Lipinski definition) is 1. The number of amides is 2. The summed E-state index contributed by atoms with van der Waals surface area (Å²) < 4.78 is 31.8. The standard InChI is InChI=1S/C25H34ClN3O5S/c1-6-21(25(31)27-15-18(2)3)28(16-19-11-7-8-12-20(19)26)24(30)17-29(35(5,32)33)22-13-9-10-14-23(22)34-4/h7-14,18,21H,6,15-17H2,1-5H3,(H,27,31)/t21-/m1/s1. The third-order valence-corrected chi connectivity index (χ3v) is 6.90. The van der Waals surface area contributed by atoms with E-state index in [1.165, 1.54) is 12.0 Å². The molecule has 1 N–H and O–H groups in total. The summed E-state index contributed by atoms with van der Waals surface area (Å²) in [5, 5.41) is 3.34. The van der Waals surface area contributed by atoms with Crippen molar-refractivity contribution < 1.29 is 22.7 Å². The summed E-state index contributed by atoms with van der Waals surface area (Å²) in [6.45, 7) is 5.77. The van der Waals surface area contributed by atoms with Gasteiger partial charge in [-0.1, -0.05) is 62.7 Å². The van der Waals surface area contributed by atoms with Crippen LogP contribution in [-0.4, -0.2) is 57.6 Å². The van der Waals surface area contributed by atoms with Crippen LogP contribution >= 0.6 is 11.6 Å².